The van der Waals surface area contributed by atoms with Gasteiger partial charge in [0.15, 0.2) is 11.5 Å². The third kappa shape index (κ3) is 5.97. The van der Waals surface area contributed by atoms with Crippen LogP contribution in [0.2, 0.25) is 10.0 Å². The Labute approximate surface area is 210 Å². The summed E-state index contributed by atoms with van der Waals surface area (Å²) in [6.07, 6.45) is 4.95. The van der Waals surface area contributed by atoms with Crippen LogP contribution >= 0.6 is 23.2 Å². The molecule has 2 aromatic carbocycles. The van der Waals surface area contributed by atoms with Gasteiger partial charge < -0.3 is 19.7 Å². The molecule has 1 heterocycles. The standard InChI is InChI=1S/C26H30Cl2N2O4/c1-17(26(32)29-19-5-2-3-6-19)30(16-20-21(27)7-4-8-22(20)28)25(31)12-10-18-9-11-23-24(15-18)34-14-13-33-23/h4,7-9,11,15,17,19H,2-3,5-6,10,12-14,16H2,1H3,(H,29,32)/t17-/m0/s1. The fourth-order valence-electron chi connectivity index (χ4n) is 4.47. The van der Waals surface area contributed by atoms with Crippen molar-refractivity contribution in [3.05, 3.63) is 57.6 Å². The molecule has 6 nitrogen and oxygen atoms in total. The van der Waals surface area contributed by atoms with Crippen LogP contribution in [0.1, 0.15) is 50.2 Å². The first kappa shape index (κ1) is 24.7. The van der Waals surface area contributed by atoms with E-state index in [0.717, 1.165) is 31.2 Å². The molecule has 0 radical (unpaired) electrons. The van der Waals surface area contributed by atoms with Crippen molar-refractivity contribution in [2.45, 2.75) is 64.1 Å². The van der Waals surface area contributed by atoms with Crippen LogP contribution in [-0.4, -0.2) is 42.0 Å². The topological polar surface area (TPSA) is 67.9 Å². The highest BCUT2D eigenvalue weighted by Crippen LogP contribution is 2.31. The highest BCUT2D eigenvalue weighted by Gasteiger charge is 2.29. The van der Waals surface area contributed by atoms with Crippen molar-refractivity contribution >= 4 is 35.0 Å². The minimum atomic E-state index is -0.652. The Morgan fingerprint density at radius 3 is 2.44 bits per heavy atom. The Hall–Kier alpha value is -2.44. The van der Waals surface area contributed by atoms with E-state index in [-0.39, 0.29) is 30.8 Å². The summed E-state index contributed by atoms with van der Waals surface area (Å²) in [5.41, 5.74) is 1.61. The number of fused-ring (bicyclic) bond motifs is 1. The second-order valence-corrected chi connectivity index (χ2v) is 9.68. The van der Waals surface area contributed by atoms with E-state index in [0.29, 0.717) is 46.7 Å². The summed E-state index contributed by atoms with van der Waals surface area (Å²) in [5.74, 6) is 1.12. The number of nitrogens with zero attached hydrogens (tertiary/aromatic N) is 1. The molecular formula is C26H30Cl2N2O4. The number of amides is 2. The Bertz CT molecular complexity index is 1020. The highest BCUT2D eigenvalue weighted by molar-refractivity contribution is 6.36. The predicted molar refractivity (Wildman–Crippen MR) is 133 cm³/mol. The maximum absolute atomic E-state index is 13.4. The molecule has 0 unspecified atom stereocenters. The number of aryl methyl sites for hydroxylation is 1. The van der Waals surface area contributed by atoms with Crippen LogP contribution in [-0.2, 0) is 22.6 Å². The van der Waals surface area contributed by atoms with Crippen molar-refractivity contribution in [3.63, 3.8) is 0 Å². The van der Waals surface area contributed by atoms with Crippen molar-refractivity contribution in [2.75, 3.05) is 13.2 Å². The van der Waals surface area contributed by atoms with E-state index in [1.807, 2.05) is 18.2 Å². The third-order valence-corrected chi connectivity index (χ3v) is 7.20. The van der Waals surface area contributed by atoms with Gasteiger partial charge in [0.2, 0.25) is 11.8 Å². The first-order valence-electron chi connectivity index (χ1n) is 11.8. The number of hydrogen-bond donors (Lipinski definition) is 1. The minimum Gasteiger partial charge on any atom is -0.486 e. The Morgan fingerprint density at radius 1 is 1.06 bits per heavy atom. The fraction of sp³-hybridized carbons (Fsp3) is 0.462. The number of carbonyl (C=O) groups is 2. The van der Waals surface area contributed by atoms with Gasteiger partial charge in [0.25, 0.3) is 0 Å². The van der Waals surface area contributed by atoms with E-state index in [1.54, 1.807) is 30.0 Å². The van der Waals surface area contributed by atoms with E-state index in [9.17, 15) is 9.59 Å². The van der Waals surface area contributed by atoms with Gasteiger partial charge in [-0.05, 0) is 56.0 Å². The Morgan fingerprint density at radius 2 is 1.74 bits per heavy atom. The lowest BCUT2D eigenvalue weighted by Crippen LogP contribution is -2.49. The van der Waals surface area contributed by atoms with Crippen LogP contribution in [0.4, 0.5) is 0 Å². The molecule has 8 heteroatoms. The van der Waals surface area contributed by atoms with E-state index in [4.69, 9.17) is 32.7 Å². The molecule has 182 valence electrons. The van der Waals surface area contributed by atoms with Gasteiger partial charge in [-0.15, -0.1) is 0 Å². The molecule has 1 fully saturated rings. The minimum absolute atomic E-state index is 0.139. The number of carbonyl (C=O) groups excluding carboxylic acids is 2. The SMILES string of the molecule is C[C@@H](C(=O)NC1CCCC1)N(Cc1c(Cl)cccc1Cl)C(=O)CCc1ccc2c(c1)OCCO2. The summed E-state index contributed by atoms with van der Waals surface area (Å²) >= 11 is 12.8. The summed E-state index contributed by atoms with van der Waals surface area (Å²) in [4.78, 5) is 28.0. The van der Waals surface area contributed by atoms with E-state index in [1.165, 1.54) is 0 Å². The quantitative estimate of drug-likeness (QED) is 0.538. The average molecular weight is 505 g/mol. The molecule has 2 amide bonds. The maximum Gasteiger partial charge on any atom is 0.242 e. The molecule has 1 aliphatic heterocycles. The average Bonchev–Trinajstić information content (AvgIpc) is 3.35. The second kappa shape index (κ2) is 11.3. The Kier molecular flexibility index (Phi) is 8.22. The van der Waals surface area contributed by atoms with Crippen LogP contribution in [0.25, 0.3) is 0 Å². The zero-order valence-corrected chi connectivity index (χ0v) is 20.8. The van der Waals surface area contributed by atoms with Gasteiger partial charge in [0.05, 0.1) is 0 Å². The van der Waals surface area contributed by atoms with Crippen molar-refractivity contribution < 1.29 is 19.1 Å². The summed E-state index contributed by atoms with van der Waals surface area (Å²) < 4.78 is 11.2. The smallest absolute Gasteiger partial charge is 0.242 e. The summed E-state index contributed by atoms with van der Waals surface area (Å²) in [7, 11) is 0. The molecular weight excluding hydrogens is 475 g/mol. The molecule has 0 spiro atoms. The monoisotopic (exact) mass is 504 g/mol. The molecule has 0 bridgehead atoms. The zero-order chi connectivity index (χ0) is 24.1. The zero-order valence-electron chi connectivity index (χ0n) is 19.3. The van der Waals surface area contributed by atoms with Crippen LogP contribution in [0.15, 0.2) is 36.4 Å². The lowest BCUT2D eigenvalue weighted by Gasteiger charge is -2.30. The fourth-order valence-corrected chi connectivity index (χ4v) is 4.98. The van der Waals surface area contributed by atoms with E-state index >= 15 is 0 Å². The summed E-state index contributed by atoms with van der Waals surface area (Å²) in [5, 5.41) is 4.05. The van der Waals surface area contributed by atoms with Gasteiger partial charge in [0, 0.05) is 34.6 Å². The van der Waals surface area contributed by atoms with Crippen molar-refractivity contribution in [2.24, 2.45) is 0 Å². The van der Waals surface area contributed by atoms with Crippen molar-refractivity contribution in [1.29, 1.82) is 0 Å². The number of rotatable bonds is 8. The first-order valence-corrected chi connectivity index (χ1v) is 12.6. The molecule has 1 N–H and O–H groups in total. The lowest BCUT2D eigenvalue weighted by molar-refractivity contribution is -0.140. The van der Waals surface area contributed by atoms with Gasteiger partial charge >= 0.3 is 0 Å². The van der Waals surface area contributed by atoms with Crippen LogP contribution in [0.5, 0.6) is 11.5 Å². The van der Waals surface area contributed by atoms with E-state index < -0.39 is 6.04 Å². The van der Waals surface area contributed by atoms with Gasteiger partial charge in [0.1, 0.15) is 19.3 Å². The van der Waals surface area contributed by atoms with Gasteiger partial charge in [-0.25, -0.2) is 0 Å². The molecule has 0 saturated heterocycles. The summed E-state index contributed by atoms with van der Waals surface area (Å²) in [6.45, 7) is 2.97. The molecule has 34 heavy (non-hydrogen) atoms. The molecule has 1 atom stereocenters. The lowest BCUT2D eigenvalue weighted by atomic mass is 10.1. The van der Waals surface area contributed by atoms with E-state index in [2.05, 4.69) is 5.32 Å². The number of halogens is 2. The normalized spacial score (nSPS) is 16.2. The Balaban J connectivity index is 1.49. The molecule has 1 saturated carbocycles. The largest absolute Gasteiger partial charge is 0.486 e. The number of nitrogens with one attached hydrogen (secondary N) is 1. The van der Waals surface area contributed by atoms with Crippen molar-refractivity contribution in [3.8, 4) is 11.5 Å². The summed E-state index contributed by atoms with van der Waals surface area (Å²) in [6, 6.07) is 10.5. The van der Waals surface area contributed by atoms with Crippen LogP contribution < -0.4 is 14.8 Å². The molecule has 2 aliphatic rings. The molecule has 4 rings (SSSR count). The number of ether oxygens (including phenoxy) is 2. The predicted octanol–water partition coefficient (Wildman–Crippen LogP) is 5.17. The van der Waals surface area contributed by atoms with Gasteiger partial charge in [-0.3, -0.25) is 9.59 Å². The molecule has 2 aromatic rings. The maximum atomic E-state index is 13.4. The third-order valence-electron chi connectivity index (χ3n) is 6.49. The second-order valence-electron chi connectivity index (χ2n) is 8.87. The van der Waals surface area contributed by atoms with Crippen molar-refractivity contribution in [1.82, 2.24) is 10.2 Å². The van der Waals surface area contributed by atoms with Crippen LogP contribution in [0.3, 0.4) is 0 Å². The number of benzene rings is 2. The highest BCUT2D eigenvalue weighted by atomic mass is 35.5. The first-order chi connectivity index (χ1) is 16.4. The van der Waals surface area contributed by atoms with Gasteiger partial charge in [-0.1, -0.05) is 48.2 Å². The van der Waals surface area contributed by atoms with Gasteiger partial charge in [-0.2, -0.15) is 0 Å². The molecule has 0 aromatic heterocycles. The van der Waals surface area contributed by atoms with Crippen LogP contribution in [0, 0.1) is 0 Å². The molecule has 1 aliphatic carbocycles. The number of hydrogen-bond acceptors (Lipinski definition) is 4.